The molecule has 1 aromatic heterocycles. The Hall–Kier alpha value is -1.94. The number of hydrogen-bond donors (Lipinski definition) is 2. The molecule has 116 valence electrons. The molecular formula is C18H23N3S. The Kier molecular flexibility index (Phi) is 5.90. The van der Waals surface area contributed by atoms with E-state index in [1.165, 1.54) is 5.56 Å². The van der Waals surface area contributed by atoms with Crippen LogP contribution < -0.4 is 10.6 Å². The van der Waals surface area contributed by atoms with Gasteiger partial charge in [-0.05, 0) is 48.7 Å². The van der Waals surface area contributed by atoms with E-state index in [4.69, 9.17) is 12.2 Å². The van der Waals surface area contributed by atoms with Gasteiger partial charge in [0.15, 0.2) is 5.11 Å². The van der Waals surface area contributed by atoms with Crippen molar-refractivity contribution in [2.75, 3.05) is 5.32 Å². The van der Waals surface area contributed by atoms with Crippen molar-refractivity contribution in [1.29, 1.82) is 0 Å². The van der Waals surface area contributed by atoms with E-state index in [1.54, 1.807) is 6.20 Å². The summed E-state index contributed by atoms with van der Waals surface area (Å²) in [5, 5.41) is 7.22. The van der Waals surface area contributed by atoms with Gasteiger partial charge in [-0.25, -0.2) is 4.98 Å². The Bertz CT molecular complexity index is 611. The van der Waals surface area contributed by atoms with Gasteiger partial charge in [0.05, 0.1) is 6.04 Å². The van der Waals surface area contributed by atoms with Crippen LogP contribution in [0.1, 0.15) is 37.4 Å². The first kappa shape index (κ1) is 16.4. The van der Waals surface area contributed by atoms with Gasteiger partial charge in [-0.3, -0.25) is 0 Å². The fourth-order valence-corrected chi connectivity index (χ4v) is 2.59. The summed E-state index contributed by atoms with van der Waals surface area (Å²) in [7, 11) is 0. The summed E-state index contributed by atoms with van der Waals surface area (Å²) in [4.78, 5) is 4.32. The van der Waals surface area contributed by atoms with Crippen LogP contribution in [0.3, 0.4) is 0 Å². The molecule has 3 nitrogen and oxygen atoms in total. The number of nitrogens with one attached hydrogen (secondary N) is 2. The first-order chi connectivity index (χ1) is 10.6. The molecule has 0 spiro atoms. The van der Waals surface area contributed by atoms with Gasteiger partial charge < -0.3 is 10.6 Å². The van der Waals surface area contributed by atoms with Crippen LogP contribution in [0.25, 0.3) is 0 Å². The second kappa shape index (κ2) is 7.90. The quantitative estimate of drug-likeness (QED) is 0.799. The van der Waals surface area contributed by atoms with Gasteiger partial charge >= 0.3 is 0 Å². The summed E-state index contributed by atoms with van der Waals surface area (Å²) >= 11 is 5.46. The zero-order valence-corrected chi connectivity index (χ0v) is 14.2. The van der Waals surface area contributed by atoms with Gasteiger partial charge in [0.2, 0.25) is 0 Å². The standard InChI is InChI=1S/C18H23N3S/c1-13(2)12-16(15-9-5-4-6-10-15)20-18(22)21-17-14(3)8-7-11-19-17/h4-11,13,16H,12H2,1-3H3,(H2,19,20,21,22)/t16-/m0/s1. The SMILES string of the molecule is Cc1cccnc1NC(=S)N[C@@H](CC(C)C)c1ccccc1. The Morgan fingerprint density at radius 3 is 2.50 bits per heavy atom. The van der Waals surface area contributed by atoms with Crippen LogP contribution in [0.15, 0.2) is 48.7 Å². The van der Waals surface area contributed by atoms with E-state index < -0.39 is 0 Å². The lowest BCUT2D eigenvalue weighted by molar-refractivity contribution is 0.481. The lowest BCUT2D eigenvalue weighted by atomic mass is 9.97. The van der Waals surface area contributed by atoms with E-state index in [1.807, 2.05) is 25.1 Å². The minimum absolute atomic E-state index is 0.199. The van der Waals surface area contributed by atoms with Gasteiger partial charge in [-0.15, -0.1) is 0 Å². The van der Waals surface area contributed by atoms with Crippen molar-refractivity contribution in [3.05, 3.63) is 59.8 Å². The highest BCUT2D eigenvalue weighted by atomic mass is 32.1. The monoisotopic (exact) mass is 313 g/mol. The predicted molar refractivity (Wildman–Crippen MR) is 97.0 cm³/mol. The lowest BCUT2D eigenvalue weighted by Crippen LogP contribution is -2.33. The lowest BCUT2D eigenvalue weighted by Gasteiger charge is -2.23. The van der Waals surface area contributed by atoms with Crippen LogP contribution >= 0.6 is 12.2 Å². The highest BCUT2D eigenvalue weighted by Gasteiger charge is 2.14. The van der Waals surface area contributed by atoms with Crippen LogP contribution in [0.2, 0.25) is 0 Å². The third-order valence-electron chi connectivity index (χ3n) is 3.46. The van der Waals surface area contributed by atoms with Crippen molar-refractivity contribution in [3.8, 4) is 0 Å². The van der Waals surface area contributed by atoms with E-state index in [0.717, 1.165) is 17.8 Å². The minimum atomic E-state index is 0.199. The zero-order chi connectivity index (χ0) is 15.9. The van der Waals surface area contributed by atoms with E-state index >= 15 is 0 Å². The topological polar surface area (TPSA) is 37.0 Å². The van der Waals surface area contributed by atoms with E-state index in [9.17, 15) is 0 Å². The molecular weight excluding hydrogens is 290 g/mol. The van der Waals surface area contributed by atoms with Gasteiger partial charge in [-0.1, -0.05) is 50.2 Å². The summed E-state index contributed by atoms with van der Waals surface area (Å²) in [6.45, 7) is 6.45. The summed E-state index contributed by atoms with van der Waals surface area (Å²) in [6.07, 6.45) is 2.79. The second-order valence-corrected chi connectivity index (χ2v) is 6.27. The van der Waals surface area contributed by atoms with Gasteiger partial charge in [-0.2, -0.15) is 0 Å². The van der Waals surface area contributed by atoms with E-state index in [2.05, 4.69) is 53.7 Å². The van der Waals surface area contributed by atoms with Crippen molar-refractivity contribution < 1.29 is 0 Å². The van der Waals surface area contributed by atoms with E-state index in [0.29, 0.717) is 11.0 Å². The number of hydrogen-bond acceptors (Lipinski definition) is 2. The molecule has 0 amide bonds. The third kappa shape index (κ3) is 4.81. The first-order valence-electron chi connectivity index (χ1n) is 7.60. The highest BCUT2D eigenvalue weighted by molar-refractivity contribution is 7.80. The van der Waals surface area contributed by atoms with E-state index in [-0.39, 0.29) is 6.04 Å². The molecule has 0 fully saturated rings. The summed E-state index contributed by atoms with van der Waals surface area (Å²) in [6, 6.07) is 14.6. The Balaban J connectivity index is 2.07. The molecule has 1 heterocycles. The maximum absolute atomic E-state index is 5.46. The average molecular weight is 313 g/mol. The number of aromatic nitrogens is 1. The molecule has 1 atom stereocenters. The minimum Gasteiger partial charge on any atom is -0.356 e. The molecule has 22 heavy (non-hydrogen) atoms. The molecule has 2 rings (SSSR count). The molecule has 1 aromatic carbocycles. The summed E-state index contributed by atoms with van der Waals surface area (Å²) < 4.78 is 0. The van der Waals surface area contributed by atoms with Crippen molar-refractivity contribution in [3.63, 3.8) is 0 Å². The molecule has 0 aliphatic rings. The third-order valence-corrected chi connectivity index (χ3v) is 3.68. The number of aryl methyl sites for hydroxylation is 1. The summed E-state index contributed by atoms with van der Waals surface area (Å²) in [5.74, 6) is 1.38. The molecule has 0 bridgehead atoms. The normalized spacial score (nSPS) is 12.0. The molecule has 0 aliphatic heterocycles. The number of anilines is 1. The molecule has 0 saturated carbocycles. The molecule has 4 heteroatoms. The molecule has 0 radical (unpaired) electrons. The van der Waals surface area contributed by atoms with Crippen molar-refractivity contribution in [1.82, 2.24) is 10.3 Å². The van der Waals surface area contributed by atoms with Crippen LogP contribution in [-0.2, 0) is 0 Å². The molecule has 2 aromatic rings. The largest absolute Gasteiger partial charge is 0.356 e. The van der Waals surface area contributed by atoms with Crippen molar-refractivity contribution in [2.24, 2.45) is 5.92 Å². The van der Waals surface area contributed by atoms with Gasteiger partial charge in [0, 0.05) is 6.20 Å². The number of thiocarbonyl (C=S) groups is 1. The van der Waals surface area contributed by atoms with Crippen molar-refractivity contribution in [2.45, 2.75) is 33.2 Å². The van der Waals surface area contributed by atoms with Gasteiger partial charge in [0.25, 0.3) is 0 Å². The zero-order valence-electron chi connectivity index (χ0n) is 13.3. The van der Waals surface area contributed by atoms with Crippen molar-refractivity contribution >= 4 is 23.1 Å². The highest BCUT2D eigenvalue weighted by Crippen LogP contribution is 2.21. The van der Waals surface area contributed by atoms with Gasteiger partial charge in [0.1, 0.15) is 5.82 Å². The average Bonchev–Trinajstić information content (AvgIpc) is 2.49. The fraction of sp³-hybridized carbons (Fsp3) is 0.333. The van der Waals surface area contributed by atoms with Crippen LogP contribution in [-0.4, -0.2) is 10.1 Å². The maximum atomic E-state index is 5.46. The van der Waals surface area contributed by atoms with Crippen LogP contribution in [0, 0.1) is 12.8 Å². The number of nitrogens with zero attached hydrogens (tertiary/aromatic N) is 1. The number of pyridine rings is 1. The molecule has 2 N–H and O–H groups in total. The van der Waals surface area contributed by atoms with Crippen LogP contribution in [0.5, 0.6) is 0 Å². The first-order valence-corrected chi connectivity index (χ1v) is 8.01. The predicted octanol–water partition coefficient (Wildman–Crippen LogP) is 4.46. The summed E-state index contributed by atoms with van der Waals surface area (Å²) in [5.41, 5.74) is 2.32. The molecule has 0 aliphatic carbocycles. The number of benzene rings is 1. The number of rotatable bonds is 5. The van der Waals surface area contributed by atoms with Crippen LogP contribution in [0.4, 0.5) is 5.82 Å². The Labute approximate surface area is 138 Å². The fourth-order valence-electron chi connectivity index (χ4n) is 2.35. The smallest absolute Gasteiger partial charge is 0.172 e. The molecule has 0 unspecified atom stereocenters. The molecule has 0 saturated heterocycles. The Morgan fingerprint density at radius 1 is 1.14 bits per heavy atom. The maximum Gasteiger partial charge on any atom is 0.172 e. The second-order valence-electron chi connectivity index (χ2n) is 5.86. The Morgan fingerprint density at radius 2 is 1.86 bits per heavy atom.